The zero-order chi connectivity index (χ0) is 8.10. The average molecular weight is 153 g/mol. The lowest BCUT2D eigenvalue weighted by molar-refractivity contribution is 0.498. The Balaban J connectivity index is 2.12. The second-order valence-electron chi connectivity index (χ2n) is 3.91. The minimum absolute atomic E-state index is 0.928. The summed E-state index contributed by atoms with van der Waals surface area (Å²) in [5, 5.41) is 0. The lowest BCUT2D eigenvalue weighted by Crippen LogP contribution is -2.04. The van der Waals surface area contributed by atoms with Crippen molar-refractivity contribution in [1.29, 1.82) is 0 Å². The molecule has 1 rings (SSSR count). The third kappa shape index (κ3) is 2.84. The lowest BCUT2D eigenvalue weighted by Gasteiger charge is -2.17. The molecule has 0 nitrogen and oxygen atoms in total. The molecule has 1 aliphatic carbocycles. The maximum absolute atomic E-state index is 2.41. The van der Waals surface area contributed by atoms with Gasteiger partial charge in [-0.05, 0) is 24.7 Å². The van der Waals surface area contributed by atoms with Gasteiger partial charge in [0.25, 0.3) is 0 Å². The van der Waals surface area contributed by atoms with Gasteiger partial charge in [0.15, 0.2) is 0 Å². The highest BCUT2D eigenvalue weighted by Gasteiger charge is 2.20. The van der Waals surface area contributed by atoms with E-state index in [1.54, 1.807) is 0 Å². The number of unbranched alkanes of at least 4 members (excludes halogenated alkanes) is 1. The van der Waals surface area contributed by atoms with Crippen LogP contribution in [0.5, 0.6) is 0 Å². The van der Waals surface area contributed by atoms with Crippen LogP contribution >= 0.6 is 0 Å². The van der Waals surface area contributed by atoms with Crippen LogP contribution in [0, 0.1) is 11.8 Å². The average Bonchev–Trinajstić information content (AvgIpc) is 2.52. The second-order valence-corrected chi connectivity index (χ2v) is 3.91. The van der Waals surface area contributed by atoms with E-state index in [1.165, 1.54) is 44.9 Å². The molecule has 1 fully saturated rings. The third-order valence-corrected chi connectivity index (χ3v) is 2.93. The minimum Gasteiger partial charge on any atom is -0.0654 e. The van der Waals surface area contributed by atoms with Crippen molar-refractivity contribution in [3.05, 3.63) is 5.92 Å². The molecule has 1 aliphatic rings. The molecular weight excluding hydrogens is 132 g/mol. The molecule has 0 aromatic carbocycles. The molecule has 1 radical (unpaired) electrons. The van der Waals surface area contributed by atoms with E-state index < -0.39 is 0 Å². The van der Waals surface area contributed by atoms with Crippen LogP contribution in [-0.2, 0) is 0 Å². The fraction of sp³-hybridized carbons (Fsp3) is 0.909. The second kappa shape index (κ2) is 4.79. The summed E-state index contributed by atoms with van der Waals surface area (Å²) < 4.78 is 0. The molecule has 0 aromatic rings. The highest BCUT2D eigenvalue weighted by atomic mass is 14.3. The monoisotopic (exact) mass is 153 g/mol. The molecule has 1 saturated carbocycles. The van der Waals surface area contributed by atoms with E-state index in [9.17, 15) is 0 Å². The first-order valence-corrected chi connectivity index (χ1v) is 5.19. The molecule has 0 aromatic heterocycles. The fourth-order valence-corrected chi connectivity index (χ4v) is 2.04. The first-order chi connectivity index (χ1) is 5.34. The summed E-state index contributed by atoms with van der Waals surface area (Å²) in [5.74, 6) is 2.79. The molecule has 0 aliphatic heterocycles. The van der Waals surface area contributed by atoms with Gasteiger partial charge in [-0.2, -0.15) is 0 Å². The van der Waals surface area contributed by atoms with E-state index in [0.717, 1.165) is 5.92 Å². The summed E-state index contributed by atoms with van der Waals surface area (Å²) >= 11 is 0. The van der Waals surface area contributed by atoms with Crippen LogP contribution in [0.25, 0.3) is 0 Å². The van der Waals surface area contributed by atoms with E-state index in [-0.39, 0.29) is 0 Å². The molecule has 0 spiro atoms. The number of rotatable bonds is 4. The normalized spacial score (nSPS) is 22.4. The Hall–Kier alpha value is 0. The highest BCUT2D eigenvalue weighted by molar-refractivity contribution is 4.98. The van der Waals surface area contributed by atoms with Gasteiger partial charge in [-0.25, -0.2) is 0 Å². The van der Waals surface area contributed by atoms with Crippen molar-refractivity contribution < 1.29 is 0 Å². The topological polar surface area (TPSA) is 0 Å². The van der Waals surface area contributed by atoms with Crippen LogP contribution in [0.2, 0.25) is 0 Å². The Morgan fingerprint density at radius 3 is 2.45 bits per heavy atom. The van der Waals surface area contributed by atoms with Gasteiger partial charge in [-0.3, -0.25) is 0 Å². The first-order valence-electron chi connectivity index (χ1n) is 5.19. The first kappa shape index (κ1) is 9.09. The summed E-state index contributed by atoms with van der Waals surface area (Å²) in [4.78, 5) is 0. The van der Waals surface area contributed by atoms with Gasteiger partial charge in [0.05, 0.1) is 0 Å². The fourth-order valence-electron chi connectivity index (χ4n) is 2.04. The van der Waals surface area contributed by atoms with Crippen molar-refractivity contribution in [2.45, 2.75) is 58.8 Å². The molecule has 1 atom stereocenters. The van der Waals surface area contributed by atoms with Crippen molar-refractivity contribution >= 4 is 0 Å². The highest BCUT2D eigenvalue weighted by Crippen LogP contribution is 2.35. The van der Waals surface area contributed by atoms with Crippen molar-refractivity contribution in [2.75, 3.05) is 0 Å². The largest absolute Gasteiger partial charge is 0.0654 e. The molecule has 1 unspecified atom stereocenters. The number of hydrogen-bond donors (Lipinski definition) is 0. The molecule has 0 saturated heterocycles. The Bertz CT molecular complexity index is 90.2. The van der Waals surface area contributed by atoms with Crippen LogP contribution in [0.4, 0.5) is 0 Å². The summed E-state index contributed by atoms with van der Waals surface area (Å²) in [6.07, 6.45) is 10.0. The van der Waals surface area contributed by atoms with E-state index in [0.29, 0.717) is 0 Å². The third-order valence-electron chi connectivity index (χ3n) is 2.93. The summed E-state index contributed by atoms with van der Waals surface area (Å²) in [5.41, 5.74) is 0. The van der Waals surface area contributed by atoms with Gasteiger partial charge in [-0.15, -0.1) is 0 Å². The van der Waals surface area contributed by atoms with Gasteiger partial charge in [-0.1, -0.05) is 46.0 Å². The minimum atomic E-state index is 0.928. The Labute approximate surface area is 71.4 Å². The number of hydrogen-bond acceptors (Lipinski definition) is 0. The molecule has 0 N–H and O–H groups in total. The van der Waals surface area contributed by atoms with Crippen LogP contribution in [-0.4, -0.2) is 0 Å². The molecule has 65 valence electrons. The van der Waals surface area contributed by atoms with Crippen LogP contribution in [0.15, 0.2) is 0 Å². The summed E-state index contributed by atoms with van der Waals surface area (Å²) in [6.45, 7) is 4.70. The zero-order valence-corrected chi connectivity index (χ0v) is 8.03. The Morgan fingerprint density at radius 1 is 1.27 bits per heavy atom. The van der Waals surface area contributed by atoms with Gasteiger partial charge in [0.2, 0.25) is 0 Å². The van der Waals surface area contributed by atoms with E-state index >= 15 is 0 Å². The predicted octanol–water partition coefficient (Wildman–Crippen LogP) is 3.96. The Morgan fingerprint density at radius 2 is 1.91 bits per heavy atom. The summed E-state index contributed by atoms with van der Waals surface area (Å²) in [6, 6.07) is 0. The van der Waals surface area contributed by atoms with Crippen molar-refractivity contribution in [1.82, 2.24) is 0 Å². The van der Waals surface area contributed by atoms with Crippen molar-refractivity contribution in [3.8, 4) is 0 Å². The van der Waals surface area contributed by atoms with Crippen LogP contribution < -0.4 is 0 Å². The van der Waals surface area contributed by atoms with E-state index in [4.69, 9.17) is 0 Å². The van der Waals surface area contributed by atoms with Crippen LogP contribution in [0.3, 0.4) is 0 Å². The van der Waals surface area contributed by atoms with Gasteiger partial charge >= 0.3 is 0 Å². The maximum Gasteiger partial charge on any atom is -0.0213 e. The molecule has 0 heteroatoms. The van der Waals surface area contributed by atoms with E-state index in [2.05, 4.69) is 13.8 Å². The maximum atomic E-state index is 2.41. The standard InChI is InChI=1S/C11H21/c1-3-4-7-10(2)11-8-5-6-9-11/h10H,3-9H2,1-2H3. The predicted molar refractivity (Wildman–Crippen MR) is 50.4 cm³/mol. The van der Waals surface area contributed by atoms with Gasteiger partial charge in [0.1, 0.15) is 0 Å². The van der Waals surface area contributed by atoms with E-state index in [1.807, 2.05) is 5.92 Å². The quantitative estimate of drug-likeness (QED) is 0.573. The molecule has 11 heavy (non-hydrogen) atoms. The van der Waals surface area contributed by atoms with Crippen molar-refractivity contribution in [3.63, 3.8) is 0 Å². The lowest BCUT2D eigenvalue weighted by atomic mass is 9.88. The molecule has 0 amide bonds. The van der Waals surface area contributed by atoms with Gasteiger partial charge < -0.3 is 0 Å². The molecule has 0 heterocycles. The van der Waals surface area contributed by atoms with Crippen molar-refractivity contribution in [2.24, 2.45) is 5.92 Å². The smallest absolute Gasteiger partial charge is 0.0213 e. The molecule has 0 bridgehead atoms. The molecular formula is C11H21. The Kier molecular flexibility index (Phi) is 3.96. The van der Waals surface area contributed by atoms with Gasteiger partial charge in [0, 0.05) is 0 Å². The van der Waals surface area contributed by atoms with Crippen LogP contribution in [0.1, 0.15) is 58.8 Å². The zero-order valence-electron chi connectivity index (χ0n) is 8.03. The SMILES string of the molecule is CCCCC(C)[C]1CCCC1. The summed E-state index contributed by atoms with van der Waals surface area (Å²) in [7, 11) is 0.